The molecule has 2 aliphatic heterocycles. The summed E-state index contributed by atoms with van der Waals surface area (Å²) in [6.45, 7) is -0.306. The Hall–Kier alpha value is -2.54. The fourth-order valence-corrected chi connectivity index (χ4v) is 4.40. The van der Waals surface area contributed by atoms with Gasteiger partial charge in [0.15, 0.2) is 0 Å². The summed E-state index contributed by atoms with van der Waals surface area (Å²) in [4.78, 5) is 12.1. The number of carbonyl (C=O) groups is 1. The minimum atomic E-state index is -4.90. The van der Waals surface area contributed by atoms with Crippen molar-refractivity contribution < 1.29 is 48.2 Å². The zero-order chi connectivity index (χ0) is 24.8. The Kier molecular flexibility index (Phi) is 6.69. The molecule has 2 aromatic carbocycles. The summed E-state index contributed by atoms with van der Waals surface area (Å²) in [5.41, 5.74) is -0.123. The number of aliphatic hydroxyl groups excluding tert-OH is 5. The average molecular weight is 483 g/mol. The Bertz CT molecular complexity index is 1080. The zero-order valence-electron chi connectivity index (χ0n) is 17.7. The molecule has 34 heavy (non-hydrogen) atoms. The smallest absolute Gasteiger partial charge is 0.394 e. The monoisotopic (exact) mass is 483 g/mol. The maximum absolute atomic E-state index is 14.0. The standard InChI is InChI=1S/C23H24F3NO7/c24-23(25,26)15-8-12(11-2-1-10-5-6-27-22(33)14(10)7-11)3-4-13(15)17(29)21-20(32)19(31)18(30)16(9-28)34-21/h1-4,7-8,16-21,28-32H,5-6,9H2,(H,27,33)/t16-,17-,18-,19+,20+,21-/m1/s1. The van der Waals surface area contributed by atoms with E-state index < -0.39 is 60.5 Å². The summed E-state index contributed by atoms with van der Waals surface area (Å²) in [7, 11) is 0. The molecule has 4 rings (SSSR count). The number of fused-ring (bicyclic) bond motifs is 1. The first kappa shape index (κ1) is 24.6. The number of rotatable bonds is 4. The highest BCUT2D eigenvalue weighted by Crippen LogP contribution is 2.40. The van der Waals surface area contributed by atoms with Crippen molar-refractivity contribution in [3.05, 3.63) is 58.7 Å². The van der Waals surface area contributed by atoms with Crippen LogP contribution in [0, 0.1) is 0 Å². The van der Waals surface area contributed by atoms with Crippen LogP contribution in [0.4, 0.5) is 13.2 Å². The third-order valence-electron chi connectivity index (χ3n) is 6.29. The van der Waals surface area contributed by atoms with Gasteiger partial charge in [0.2, 0.25) is 0 Å². The van der Waals surface area contributed by atoms with E-state index in [-0.39, 0.29) is 11.5 Å². The first-order valence-electron chi connectivity index (χ1n) is 10.6. The van der Waals surface area contributed by atoms with Crippen LogP contribution in [0.3, 0.4) is 0 Å². The number of ether oxygens (including phenoxy) is 1. The van der Waals surface area contributed by atoms with Crippen molar-refractivity contribution in [2.75, 3.05) is 13.2 Å². The van der Waals surface area contributed by atoms with Gasteiger partial charge < -0.3 is 35.6 Å². The van der Waals surface area contributed by atoms with E-state index in [1.165, 1.54) is 12.1 Å². The molecule has 2 aromatic rings. The fraction of sp³-hybridized carbons (Fsp3) is 0.435. The Balaban J connectivity index is 1.72. The molecule has 8 nitrogen and oxygen atoms in total. The summed E-state index contributed by atoms with van der Waals surface area (Å²) >= 11 is 0. The van der Waals surface area contributed by atoms with Crippen LogP contribution < -0.4 is 5.32 Å². The molecule has 6 atom stereocenters. The second kappa shape index (κ2) is 9.25. The summed E-state index contributed by atoms with van der Waals surface area (Å²) in [5.74, 6) is -0.311. The molecular formula is C23H24F3NO7. The van der Waals surface area contributed by atoms with Gasteiger partial charge in [0.05, 0.1) is 12.2 Å². The van der Waals surface area contributed by atoms with Crippen LogP contribution in [0.15, 0.2) is 36.4 Å². The van der Waals surface area contributed by atoms with Gasteiger partial charge in [0.1, 0.15) is 36.6 Å². The lowest BCUT2D eigenvalue weighted by Gasteiger charge is -2.42. The number of nitrogens with one attached hydrogen (secondary N) is 1. The molecule has 2 aliphatic rings. The van der Waals surface area contributed by atoms with Gasteiger partial charge in [-0.3, -0.25) is 4.79 Å². The number of aliphatic hydroxyl groups is 5. The molecule has 0 aromatic heterocycles. The Morgan fingerprint density at radius 2 is 1.71 bits per heavy atom. The van der Waals surface area contributed by atoms with Crippen molar-refractivity contribution in [1.82, 2.24) is 5.32 Å². The number of hydrogen-bond donors (Lipinski definition) is 6. The van der Waals surface area contributed by atoms with E-state index >= 15 is 0 Å². The Morgan fingerprint density at radius 3 is 2.38 bits per heavy atom. The van der Waals surface area contributed by atoms with E-state index in [2.05, 4.69) is 5.32 Å². The van der Waals surface area contributed by atoms with Gasteiger partial charge in [0.25, 0.3) is 5.91 Å². The number of benzene rings is 2. The van der Waals surface area contributed by atoms with Gasteiger partial charge in [0, 0.05) is 12.1 Å². The van der Waals surface area contributed by atoms with Gasteiger partial charge >= 0.3 is 6.18 Å². The zero-order valence-corrected chi connectivity index (χ0v) is 17.7. The molecule has 1 saturated heterocycles. The lowest BCUT2D eigenvalue weighted by atomic mass is 9.87. The van der Waals surface area contributed by atoms with E-state index in [1.54, 1.807) is 12.1 Å². The molecule has 0 radical (unpaired) electrons. The molecular weight excluding hydrogens is 459 g/mol. The average Bonchev–Trinajstić information content (AvgIpc) is 2.81. The van der Waals surface area contributed by atoms with Gasteiger partial charge in [-0.05, 0) is 40.8 Å². The number of halogens is 3. The maximum Gasteiger partial charge on any atom is 0.416 e. The molecule has 0 spiro atoms. The third kappa shape index (κ3) is 4.42. The topological polar surface area (TPSA) is 139 Å². The second-order valence-corrected chi connectivity index (χ2v) is 8.42. The third-order valence-corrected chi connectivity index (χ3v) is 6.29. The Labute approximate surface area is 192 Å². The highest BCUT2D eigenvalue weighted by Gasteiger charge is 2.48. The predicted octanol–water partition coefficient (Wildman–Crippen LogP) is 0.534. The molecule has 0 unspecified atom stereocenters. The molecule has 0 bridgehead atoms. The number of hydrogen-bond acceptors (Lipinski definition) is 7. The lowest BCUT2D eigenvalue weighted by Crippen LogP contribution is -2.60. The van der Waals surface area contributed by atoms with Crippen molar-refractivity contribution in [2.45, 2.75) is 49.2 Å². The van der Waals surface area contributed by atoms with Crippen LogP contribution in [0.1, 0.15) is 33.2 Å². The molecule has 1 fully saturated rings. The molecule has 6 N–H and O–H groups in total. The van der Waals surface area contributed by atoms with Gasteiger partial charge in [-0.25, -0.2) is 0 Å². The van der Waals surface area contributed by atoms with Gasteiger partial charge in [-0.1, -0.05) is 24.3 Å². The first-order chi connectivity index (χ1) is 16.0. The molecule has 184 valence electrons. The van der Waals surface area contributed by atoms with Crippen molar-refractivity contribution in [3.8, 4) is 11.1 Å². The normalized spacial score (nSPS) is 28.2. The van der Waals surface area contributed by atoms with Crippen LogP contribution in [0.25, 0.3) is 11.1 Å². The number of amides is 1. The van der Waals surface area contributed by atoms with Crippen molar-refractivity contribution in [1.29, 1.82) is 0 Å². The van der Waals surface area contributed by atoms with Crippen LogP contribution in [-0.4, -0.2) is 75.1 Å². The van der Waals surface area contributed by atoms with Crippen LogP contribution in [-0.2, 0) is 17.3 Å². The number of carbonyl (C=O) groups excluding carboxylic acids is 1. The number of alkyl halides is 3. The first-order valence-corrected chi connectivity index (χ1v) is 10.6. The molecule has 0 aliphatic carbocycles. The van der Waals surface area contributed by atoms with E-state index in [9.17, 15) is 43.5 Å². The minimum absolute atomic E-state index is 0.151. The molecule has 11 heteroatoms. The van der Waals surface area contributed by atoms with Crippen LogP contribution >= 0.6 is 0 Å². The van der Waals surface area contributed by atoms with Gasteiger partial charge in [-0.15, -0.1) is 0 Å². The summed E-state index contributed by atoms with van der Waals surface area (Å²) in [6, 6.07) is 8.00. The SMILES string of the molecule is O=C1NCCc2ccc(-c3ccc([C@@H](O)[C@H]4O[C@H](CO)[C@@H](O)[C@H](O)[C@@H]4O)c(C(F)(F)F)c3)cc21. The highest BCUT2D eigenvalue weighted by atomic mass is 19.4. The van der Waals surface area contributed by atoms with Gasteiger partial charge in [-0.2, -0.15) is 13.2 Å². The van der Waals surface area contributed by atoms with E-state index in [0.717, 1.165) is 17.7 Å². The largest absolute Gasteiger partial charge is 0.416 e. The fourth-order valence-electron chi connectivity index (χ4n) is 4.40. The van der Waals surface area contributed by atoms with Crippen LogP contribution in [0.2, 0.25) is 0 Å². The van der Waals surface area contributed by atoms with Crippen molar-refractivity contribution in [3.63, 3.8) is 0 Å². The lowest BCUT2D eigenvalue weighted by molar-refractivity contribution is -0.250. The minimum Gasteiger partial charge on any atom is -0.394 e. The summed E-state index contributed by atoms with van der Waals surface area (Å²) in [6.07, 6.45) is -14.9. The van der Waals surface area contributed by atoms with E-state index in [1.807, 2.05) is 0 Å². The molecule has 2 heterocycles. The summed E-state index contributed by atoms with van der Waals surface area (Å²) < 4.78 is 47.2. The maximum atomic E-state index is 14.0. The van der Waals surface area contributed by atoms with Crippen molar-refractivity contribution >= 4 is 5.91 Å². The highest BCUT2D eigenvalue weighted by molar-refractivity contribution is 5.98. The quantitative estimate of drug-likeness (QED) is 0.373. The molecule has 0 saturated carbocycles. The van der Waals surface area contributed by atoms with Crippen molar-refractivity contribution in [2.24, 2.45) is 0 Å². The summed E-state index contributed by atoms with van der Waals surface area (Å²) in [5, 5.41) is 52.8. The predicted molar refractivity (Wildman–Crippen MR) is 112 cm³/mol. The van der Waals surface area contributed by atoms with E-state index in [4.69, 9.17) is 4.74 Å². The molecule has 1 amide bonds. The van der Waals surface area contributed by atoms with E-state index in [0.29, 0.717) is 24.1 Å². The second-order valence-electron chi connectivity index (χ2n) is 8.42. The Morgan fingerprint density at radius 1 is 1.03 bits per heavy atom. The van der Waals surface area contributed by atoms with Crippen LogP contribution in [0.5, 0.6) is 0 Å².